The van der Waals surface area contributed by atoms with Crippen LogP contribution >= 0.6 is 0 Å². The Morgan fingerprint density at radius 1 is 1.19 bits per heavy atom. The maximum Gasteiger partial charge on any atom is 0.181 e. The fourth-order valence-corrected chi connectivity index (χ4v) is 6.10. The van der Waals surface area contributed by atoms with Crippen molar-refractivity contribution in [2.45, 2.75) is 76.2 Å². The van der Waals surface area contributed by atoms with Crippen LogP contribution < -0.4 is 0 Å². The summed E-state index contributed by atoms with van der Waals surface area (Å²) in [5.41, 5.74) is 2.46. The van der Waals surface area contributed by atoms with Gasteiger partial charge in [-0.3, -0.25) is 4.99 Å². The lowest BCUT2D eigenvalue weighted by Gasteiger charge is -2.29. The van der Waals surface area contributed by atoms with E-state index in [1.165, 1.54) is 12.0 Å². The molecule has 26 heavy (non-hydrogen) atoms. The van der Waals surface area contributed by atoms with E-state index in [0.717, 1.165) is 49.8 Å². The Morgan fingerprint density at radius 2 is 1.96 bits per heavy atom. The molecule has 1 unspecified atom stereocenters. The van der Waals surface area contributed by atoms with E-state index >= 15 is 0 Å². The van der Waals surface area contributed by atoms with Gasteiger partial charge in [0, 0.05) is 5.56 Å². The normalized spacial score (nSPS) is 25.2. The lowest BCUT2D eigenvalue weighted by Crippen LogP contribution is -2.35. The molecule has 1 atom stereocenters. The minimum absolute atomic E-state index is 0.122. The third-order valence-electron chi connectivity index (χ3n) is 5.73. The molecule has 0 fully saturated rings. The van der Waals surface area contributed by atoms with Crippen LogP contribution in [0.25, 0.3) is 0 Å². The largest absolute Gasteiger partial charge is 0.277 e. The summed E-state index contributed by atoms with van der Waals surface area (Å²) in [6.45, 7) is 6.47. The van der Waals surface area contributed by atoms with Crippen LogP contribution in [0.15, 0.2) is 45.8 Å². The van der Waals surface area contributed by atoms with Crippen molar-refractivity contribution in [1.29, 1.82) is 0 Å². The zero-order valence-corrected chi connectivity index (χ0v) is 17.1. The molecule has 0 N–H and O–H groups in total. The molecule has 142 valence electrons. The van der Waals surface area contributed by atoms with Gasteiger partial charge in [0.2, 0.25) is 0 Å². The van der Waals surface area contributed by atoms with Gasteiger partial charge in [0.1, 0.15) is 0 Å². The molecule has 0 aromatic heterocycles. The predicted molar refractivity (Wildman–Crippen MR) is 109 cm³/mol. The third kappa shape index (κ3) is 3.95. The Morgan fingerprint density at radius 3 is 2.62 bits per heavy atom. The van der Waals surface area contributed by atoms with E-state index in [1.54, 1.807) is 6.07 Å². The summed E-state index contributed by atoms with van der Waals surface area (Å²) in [4.78, 5) is 5.69. The lowest BCUT2D eigenvalue weighted by atomic mass is 9.87. The van der Waals surface area contributed by atoms with Gasteiger partial charge in [-0.1, -0.05) is 45.0 Å². The maximum absolute atomic E-state index is 13.2. The van der Waals surface area contributed by atoms with Crippen LogP contribution in [0.5, 0.6) is 0 Å². The van der Waals surface area contributed by atoms with Crippen LogP contribution in [0, 0.1) is 5.92 Å². The van der Waals surface area contributed by atoms with Crippen molar-refractivity contribution in [2.24, 2.45) is 10.9 Å². The number of allylic oxidation sites excluding steroid dienone is 2. The van der Waals surface area contributed by atoms with E-state index in [2.05, 4.69) is 26.8 Å². The van der Waals surface area contributed by atoms with Gasteiger partial charge in [-0.2, -0.15) is 0 Å². The SMILES string of the molecule is CCC1(CCC(C)C)CS(=O)(=O)c2ccccc2C(C2=CCCCC2)=N1. The van der Waals surface area contributed by atoms with E-state index in [-0.39, 0.29) is 5.75 Å². The molecule has 0 saturated heterocycles. The number of aliphatic imine (C=N–C) groups is 1. The number of hydrogen-bond donors (Lipinski definition) is 0. The first kappa shape index (κ1) is 19.3. The van der Waals surface area contributed by atoms with Gasteiger partial charge in [0.15, 0.2) is 9.84 Å². The van der Waals surface area contributed by atoms with Crippen molar-refractivity contribution in [2.75, 3.05) is 5.75 Å². The Balaban J connectivity index is 2.18. The maximum atomic E-state index is 13.2. The number of nitrogens with zero attached hydrogens (tertiary/aromatic N) is 1. The topological polar surface area (TPSA) is 46.5 Å². The van der Waals surface area contributed by atoms with E-state index in [0.29, 0.717) is 10.8 Å². The summed E-state index contributed by atoms with van der Waals surface area (Å²) in [7, 11) is -3.36. The van der Waals surface area contributed by atoms with Gasteiger partial charge in [-0.05, 0) is 62.5 Å². The second-order valence-corrected chi connectivity index (χ2v) is 10.2. The Hall–Kier alpha value is -1.42. The van der Waals surface area contributed by atoms with Crippen LogP contribution in [-0.2, 0) is 9.84 Å². The van der Waals surface area contributed by atoms with Crippen molar-refractivity contribution in [3.63, 3.8) is 0 Å². The molecule has 1 aliphatic heterocycles. The van der Waals surface area contributed by atoms with Crippen LogP contribution in [-0.4, -0.2) is 25.4 Å². The molecule has 1 aliphatic carbocycles. The summed E-state index contributed by atoms with van der Waals surface area (Å²) < 4.78 is 26.5. The third-order valence-corrected chi connectivity index (χ3v) is 7.67. The molecule has 0 spiro atoms. The van der Waals surface area contributed by atoms with Crippen molar-refractivity contribution < 1.29 is 8.42 Å². The van der Waals surface area contributed by atoms with Crippen LogP contribution in [0.2, 0.25) is 0 Å². The van der Waals surface area contributed by atoms with Crippen molar-refractivity contribution >= 4 is 15.5 Å². The average molecular weight is 374 g/mol. The average Bonchev–Trinajstić information content (AvgIpc) is 2.74. The van der Waals surface area contributed by atoms with Crippen molar-refractivity contribution in [3.05, 3.63) is 41.5 Å². The van der Waals surface area contributed by atoms with Gasteiger partial charge in [-0.25, -0.2) is 8.42 Å². The number of sulfone groups is 1. The Labute approximate surface area is 158 Å². The zero-order valence-electron chi connectivity index (χ0n) is 16.3. The monoisotopic (exact) mass is 373 g/mol. The summed E-state index contributed by atoms with van der Waals surface area (Å²) >= 11 is 0. The molecule has 3 rings (SSSR count). The molecular weight excluding hydrogens is 342 g/mol. The standard InChI is InChI=1S/C22H31NO2S/c1-4-22(15-14-17(2)3)16-26(24,25)20-13-9-8-12-19(20)21(23-22)18-10-6-5-7-11-18/h8-10,12-13,17H,4-7,11,14-16H2,1-3H3. The van der Waals surface area contributed by atoms with Crippen LogP contribution in [0.3, 0.4) is 0 Å². The molecule has 1 heterocycles. The van der Waals surface area contributed by atoms with Gasteiger partial charge < -0.3 is 0 Å². The number of benzene rings is 1. The molecule has 0 saturated carbocycles. The van der Waals surface area contributed by atoms with E-state index < -0.39 is 15.4 Å². The summed E-state index contributed by atoms with van der Waals surface area (Å²) in [5.74, 6) is 0.663. The van der Waals surface area contributed by atoms with Crippen LogP contribution in [0.1, 0.15) is 71.3 Å². The van der Waals surface area contributed by atoms with E-state index in [1.807, 2.05) is 18.2 Å². The van der Waals surface area contributed by atoms with Gasteiger partial charge in [-0.15, -0.1) is 0 Å². The highest BCUT2D eigenvalue weighted by Crippen LogP contribution is 2.37. The van der Waals surface area contributed by atoms with Crippen molar-refractivity contribution in [1.82, 2.24) is 0 Å². The number of fused-ring (bicyclic) bond motifs is 1. The first-order chi connectivity index (χ1) is 12.4. The first-order valence-corrected chi connectivity index (χ1v) is 11.6. The number of hydrogen-bond acceptors (Lipinski definition) is 3. The van der Waals surface area contributed by atoms with E-state index in [9.17, 15) is 8.42 Å². The molecular formula is C22H31NO2S. The second-order valence-electron chi connectivity index (χ2n) is 8.20. The Kier molecular flexibility index (Phi) is 5.71. The molecule has 1 aromatic rings. The predicted octanol–water partition coefficient (Wildman–Crippen LogP) is 5.35. The first-order valence-electron chi connectivity index (χ1n) is 9.98. The molecule has 0 radical (unpaired) electrons. The van der Waals surface area contributed by atoms with Gasteiger partial charge in [0.05, 0.1) is 21.9 Å². The van der Waals surface area contributed by atoms with Gasteiger partial charge in [0.25, 0.3) is 0 Å². The second kappa shape index (κ2) is 7.67. The fourth-order valence-electron chi connectivity index (χ4n) is 4.04. The quantitative estimate of drug-likeness (QED) is 0.698. The molecule has 0 amide bonds. The van der Waals surface area contributed by atoms with Gasteiger partial charge >= 0.3 is 0 Å². The molecule has 1 aromatic carbocycles. The lowest BCUT2D eigenvalue weighted by molar-refractivity contribution is 0.378. The molecule has 0 bridgehead atoms. The summed E-state index contributed by atoms with van der Waals surface area (Å²) in [6.07, 6.45) is 9.28. The molecule has 3 nitrogen and oxygen atoms in total. The number of rotatable bonds is 5. The summed E-state index contributed by atoms with van der Waals surface area (Å²) in [5, 5.41) is 0. The summed E-state index contributed by atoms with van der Waals surface area (Å²) in [6, 6.07) is 7.46. The molecule has 4 heteroatoms. The highest BCUT2D eigenvalue weighted by Gasteiger charge is 2.39. The zero-order chi connectivity index (χ0) is 18.8. The smallest absolute Gasteiger partial charge is 0.181 e. The highest BCUT2D eigenvalue weighted by atomic mass is 32.2. The van der Waals surface area contributed by atoms with E-state index in [4.69, 9.17) is 4.99 Å². The minimum Gasteiger partial charge on any atom is -0.277 e. The molecule has 2 aliphatic rings. The minimum atomic E-state index is -3.36. The Bertz CT molecular complexity index is 820. The van der Waals surface area contributed by atoms with Crippen molar-refractivity contribution in [3.8, 4) is 0 Å². The van der Waals surface area contributed by atoms with Crippen LogP contribution in [0.4, 0.5) is 0 Å². The fraction of sp³-hybridized carbons (Fsp3) is 0.591. The highest BCUT2D eigenvalue weighted by molar-refractivity contribution is 7.91.